The zero-order valence-electron chi connectivity index (χ0n) is 15.1. The summed E-state index contributed by atoms with van der Waals surface area (Å²) in [6.07, 6.45) is 1.82. The molecule has 0 N–H and O–H groups in total. The first-order chi connectivity index (χ1) is 12.9. The van der Waals surface area contributed by atoms with E-state index in [2.05, 4.69) is 15.9 Å². The van der Waals surface area contributed by atoms with Crippen molar-refractivity contribution in [1.29, 1.82) is 0 Å². The van der Waals surface area contributed by atoms with Crippen molar-refractivity contribution >= 4 is 56.2 Å². The van der Waals surface area contributed by atoms with E-state index >= 15 is 0 Å². The minimum atomic E-state index is -0.0905. The summed E-state index contributed by atoms with van der Waals surface area (Å²) in [6, 6.07) is 11.7. The van der Waals surface area contributed by atoms with Gasteiger partial charge in [-0.25, -0.2) is 0 Å². The number of hydrogen-bond acceptors (Lipinski definition) is 5. The lowest BCUT2D eigenvalue weighted by Gasteiger charge is -2.14. The van der Waals surface area contributed by atoms with Crippen molar-refractivity contribution in [2.24, 2.45) is 0 Å². The van der Waals surface area contributed by atoms with Crippen LogP contribution in [0.15, 0.2) is 45.8 Å². The van der Waals surface area contributed by atoms with Crippen molar-refractivity contribution in [3.8, 4) is 11.5 Å². The van der Waals surface area contributed by atoms with E-state index in [-0.39, 0.29) is 5.91 Å². The fourth-order valence-corrected chi connectivity index (χ4v) is 4.32. The maximum atomic E-state index is 12.9. The molecule has 0 aliphatic carbocycles. The molecule has 1 amide bonds. The number of amides is 1. The van der Waals surface area contributed by atoms with Crippen molar-refractivity contribution in [2.75, 3.05) is 14.2 Å². The molecule has 0 bridgehead atoms. The summed E-state index contributed by atoms with van der Waals surface area (Å²) in [7, 11) is 3.16. The highest BCUT2D eigenvalue weighted by atomic mass is 79.9. The molecule has 1 aliphatic heterocycles. The van der Waals surface area contributed by atoms with Gasteiger partial charge in [0.2, 0.25) is 0 Å². The van der Waals surface area contributed by atoms with E-state index in [0.717, 1.165) is 15.6 Å². The Labute approximate surface area is 176 Å². The van der Waals surface area contributed by atoms with Gasteiger partial charge >= 0.3 is 0 Å². The molecule has 0 radical (unpaired) electrons. The molecule has 0 spiro atoms. The number of nitrogens with zero attached hydrogens (tertiary/aromatic N) is 1. The van der Waals surface area contributed by atoms with Crippen LogP contribution < -0.4 is 9.47 Å². The van der Waals surface area contributed by atoms with Gasteiger partial charge in [0.25, 0.3) is 5.91 Å². The number of rotatable bonds is 5. The molecule has 0 aromatic heterocycles. The number of thioether (sulfide) groups is 1. The number of ether oxygens (including phenoxy) is 2. The fourth-order valence-electron chi connectivity index (χ4n) is 2.63. The Balaban J connectivity index is 1.87. The molecule has 1 saturated heterocycles. The number of carbonyl (C=O) groups is 1. The van der Waals surface area contributed by atoms with Crippen molar-refractivity contribution in [3.05, 3.63) is 62.5 Å². The van der Waals surface area contributed by atoms with E-state index in [1.54, 1.807) is 19.1 Å². The zero-order valence-corrected chi connectivity index (χ0v) is 18.3. The topological polar surface area (TPSA) is 38.8 Å². The summed E-state index contributed by atoms with van der Waals surface area (Å²) in [5.41, 5.74) is 3.05. The van der Waals surface area contributed by atoms with Crippen molar-refractivity contribution in [1.82, 2.24) is 4.90 Å². The predicted molar refractivity (Wildman–Crippen MR) is 117 cm³/mol. The largest absolute Gasteiger partial charge is 0.493 e. The Kier molecular flexibility index (Phi) is 6.24. The number of carbonyl (C=O) groups excluding carboxylic acids is 1. The van der Waals surface area contributed by atoms with Crippen LogP contribution in [0.2, 0.25) is 0 Å². The molecule has 3 rings (SSSR count). The highest BCUT2D eigenvalue weighted by Gasteiger charge is 2.32. The van der Waals surface area contributed by atoms with E-state index < -0.39 is 0 Å². The summed E-state index contributed by atoms with van der Waals surface area (Å²) in [5.74, 6) is 1.13. The first kappa shape index (κ1) is 19.9. The lowest BCUT2D eigenvalue weighted by atomic mass is 10.1. The average Bonchev–Trinajstić information content (AvgIpc) is 2.92. The third-order valence-corrected chi connectivity index (χ3v) is 6.19. The van der Waals surface area contributed by atoms with Crippen LogP contribution in [0.5, 0.6) is 11.5 Å². The number of aryl methyl sites for hydroxylation is 1. The predicted octanol–water partition coefficient (Wildman–Crippen LogP) is 5.18. The van der Waals surface area contributed by atoms with E-state index in [1.807, 2.05) is 49.4 Å². The number of halogens is 1. The molecular weight excluding hydrogens is 446 g/mol. The highest BCUT2D eigenvalue weighted by molar-refractivity contribution is 9.10. The quantitative estimate of drug-likeness (QED) is 0.451. The summed E-state index contributed by atoms with van der Waals surface area (Å²) < 4.78 is 12.0. The van der Waals surface area contributed by atoms with Crippen molar-refractivity contribution in [3.63, 3.8) is 0 Å². The lowest BCUT2D eigenvalue weighted by molar-refractivity contribution is -0.122. The molecule has 140 valence electrons. The minimum Gasteiger partial charge on any atom is -0.493 e. The van der Waals surface area contributed by atoms with Crippen LogP contribution in [0.4, 0.5) is 0 Å². The van der Waals surface area contributed by atoms with Gasteiger partial charge in [-0.2, -0.15) is 0 Å². The van der Waals surface area contributed by atoms with Gasteiger partial charge in [-0.15, -0.1) is 0 Å². The second-order valence-corrected chi connectivity index (χ2v) is 8.51. The Morgan fingerprint density at radius 1 is 1.15 bits per heavy atom. The molecule has 0 unspecified atom stereocenters. The van der Waals surface area contributed by atoms with E-state index in [1.165, 1.54) is 17.3 Å². The van der Waals surface area contributed by atoms with Crippen molar-refractivity contribution < 1.29 is 14.3 Å². The average molecular weight is 464 g/mol. The van der Waals surface area contributed by atoms with Gasteiger partial charge in [0, 0.05) is 4.47 Å². The molecule has 1 aliphatic rings. The summed E-state index contributed by atoms with van der Waals surface area (Å²) >= 11 is 10.3. The Bertz CT molecular complexity index is 926. The van der Waals surface area contributed by atoms with Crippen LogP contribution >= 0.6 is 39.9 Å². The zero-order chi connectivity index (χ0) is 19.6. The number of benzene rings is 2. The standard InChI is InChI=1S/C20H18BrNO3S2/c1-12-4-6-13(7-5-12)11-22-19(23)18(27-20(22)26)9-14-8-16(24-2)17(25-3)10-15(14)21/h4-10H,11H2,1-3H3/b18-9-. The smallest absolute Gasteiger partial charge is 0.266 e. The summed E-state index contributed by atoms with van der Waals surface area (Å²) in [5, 5.41) is 0. The third-order valence-electron chi connectivity index (χ3n) is 4.12. The van der Waals surface area contributed by atoms with Crippen LogP contribution in [0.25, 0.3) is 6.08 Å². The maximum absolute atomic E-state index is 12.9. The van der Waals surface area contributed by atoms with Gasteiger partial charge in [-0.3, -0.25) is 9.69 Å². The van der Waals surface area contributed by atoms with Gasteiger partial charge in [0.05, 0.1) is 25.7 Å². The molecule has 0 saturated carbocycles. The molecule has 1 heterocycles. The van der Waals surface area contributed by atoms with Crippen LogP contribution in [-0.2, 0) is 11.3 Å². The van der Waals surface area contributed by atoms with Gasteiger partial charge < -0.3 is 9.47 Å². The molecular formula is C20H18BrNO3S2. The summed E-state index contributed by atoms with van der Waals surface area (Å²) in [4.78, 5) is 15.1. The van der Waals surface area contributed by atoms with E-state index in [4.69, 9.17) is 21.7 Å². The Morgan fingerprint density at radius 2 is 1.78 bits per heavy atom. The van der Waals surface area contributed by atoms with Crippen LogP contribution in [0, 0.1) is 6.92 Å². The maximum Gasteiger partial charge on any atom is 0.266 e. The van der Waals surface area contributed by atoms with Gasteiger partial charge in [0.1, 0.15) is 4.32 Å². The molecule has 2 aromatic carbocycles. The van der Waals surface area contributed by atoms with E-state index in [0.29, 0.717) is 27.3 Å². The molecule has 27 heavy (non-hydrogen) atoms. The summed E-state index contributed by atoms with van der Waals surface area (Å²) in [6.45, 7) is 2.50. The SMILES string of the molecule is COc1cc(Br)c(/C=C2\SC(=S)N(Cc3ccc(C)cc3)C2=O)cc1OC. The van der Waals surface area contributed by atoms with Crippen LogP contribution in [0.1, 0.15) is 16.7 Å². The van der Waals surface area contributed by atoms with Gasteiger partial charge in [-0.1, -0.05) is 69.7 Å². The first-order valence-corrected chi connectivity index (χ1v) is 10.2. The lowest BCUT2D eigenvalue weighted by Crippen LogP contribution is -2.27. The van der Waals surface area contributed by atoms with Gasteiger partial charge in [-0.05, 0) is 36.3 Å². The molecule has 7 heteroatoms. The van der Waals surface area contributed by atoms with Crippen molar-refractivity contribution in [2.45, 2.75) is 13.5 Å². The fraction of sp³-hybridized carbons (Fsp3) is 0.200. The first-order valence-electron chi connectivity index (χ1n) is 8.15. The molecule has 4 nitrogen and oxygen atoms in total. The number of methoxy groups -OCH3 is 2. The molecule has 0 atom stereocenters. The van der Waals surface area contributed by atoms with Gasteiger partial charge in [0.15, 0.2) is 11.5 Å². The van der Waals surface area contributed by atoms with E-state index in [9.17, 15) is 4.79 Å². The molecule has 1 fully saturated rings. The number of hydrogen-bond donors (Lipinski definition) is 0. The van der Waals surface area contributed by atoms with Crippen LogP contribution in [-0.4, -0.2) is 29.3 Å². The third kappa shape index (κ3) is 4.36. The second-order valence-electron chi connectivity index (χ2n) is 5.98. The Hall–Kier alpha value is -1.83. The monoisotopic (exact) mass is 463 g/mol. The number of thiocarbonyl (C=S) groups is 1. The minimum absolute atomic E-state index is 0.0905. The second kappa shape index (κ2) is 8.46. The highest BCUT2D eigenvalue weighted by Crippen LogP contribution is 2.38. The molecule has 2 aromatic rings. The Morgan fingerprint density at radius 3 is 2.41 bits per heavy atom. The van der Waals surface area contributed by atoms with Crippen LogP contribution in [0.3, 0.4) is 0 Å². The normalized spacial score (nSPS) is 15.6.